The van der Waals surface area contributed by atoms with Crippen LogP contribution in [0.4, 0.5) is 0 Å². The van der Waals surface area contributed by atoms with Crippen molar-refractivity contribution in [2.45, 2.75) is 24.8 Å². The fraction of sp³-hybridized carbons (Fsp3) is 0.917. The zero-order chi connectivity index (χ0) is 12.3. The molecule has 2 aliphatic rings. The van der Waals surface area contributed by atoms with Crippen LogP contribution in [0.2, 0.25) is 0 Å². The van der Waals surface area contributed by atoms with E-state index in [9.17, 15) is 4.79 Å². The summed E-state index contributed by atoms with van der Waals surface area (Å²) in [6, 6.07) is 0. The minimum Gasteiger partial charge on any atom is -0.481 e. The van der Waals surface area contributed by atoms with Crippen molar-refractivity contribution in [3.05, 3.63) is 0 Å². The summed E-state index contributed by atoms with van der Waals surface area (Å²) < 4.78 is 5.55. The molecule has 0 bridgehead atoms. The lowest BCUT2D eigenvalue weighted by Gasteiger charge is -2.48. The van der Waals surface area contributed by atoms with Crippen LogP contribution in [0.1, 0.15) is 19.3 Å². The first-order valence-corrected chi connectivity index (χ1v) is 6.36. The maximum absolute atomic E-state index is 11.1. The standard InChI is InChI=1S/C12H22N2O3/c1-13-4-6-14(7-5-13)12(9-11(15)16)3-2-8-17-10-12/h2-10H2,1H3,(H,15,16). The maximum atomic E-state index is 11.1. The molecule has 1 atom stereocenters. The van der Waals surface area contributed by atoms with E-state index in [1.807, 2.05) is 0 Å². The van der Waals surface area contributed by atoms with Gasteiger partial charge in [0.05, 0.1) is 18.6 Å². The van der Waals surface area contributed by atoms with Crippen LogP contribution in [0.15, 0.2) is 0 Å². The Balaban J connectivity index is 2.06. The Morgan fingerprint density at radius 2 is 2.06 bits per heavy atom. The van der Waals surface area contributed by atoms with E-state index < -0.39 is 5.97 Å². The van der Waals surface area contributed by atoms with Crippen LogP contribution in [0.5, 0.6) is 0 Å². The zero-order valence-electron chi connectivity index (χ0n) is 10.5. The van der Waals surface area contributed by atoms with Gasteiger partial charge in [0.2, 0.25) is 0 Å². The Morgan fingerprint density at radius 3 is 2.59 bits per heavy atom. The van der Waals surface area contributed by atoms with E-state index in [-0.39, 0.29) is 12.0 Å². The number of carboxylic acids is 1. The summed E-state index contributed by atoms with van der Waals surface area (Å²) in [4.78, 5) is 15.7. The van der Waals surface area contributed by atoms with Gasteiger partial charge in [-0.05, 0) is 19.9 Å². The SMILES string of the molecule is CN1CCN(C2(CC(=O)O)CCCOC2)CC1. The second kappa shape index (κ2) is 5.33. The molecule has 0 saturated carbocycles. The predicted molar refractivity (Wildman–Crippen MR) is 64.1 cm³/mol. The third-order valence-corrected chi connectivity index (χ3v) is 3.96. The molecule has 0 spiro atoms. The lowest BCUT2D eigenvalue weighted by molar-refractivity contribution is -0.145. The molecule has 2 fully saturated rings. The van der Waals surface area contributed by atoms with Crippen LogP contribution in [0.3, 0.4) is 0 Å². The highest BCUT2D eigenvalue weighted by atomic mass is 16.5. The molecule has 0 aliphatic carbocycles. The smallest absolute Gasteiger partial charge is 0.305 e. The quantitative estimate of drug-likeness (QED) is 0.769. The average molecular weight is 242 g/mol. The first-order chi connectivity index (χ1) is 8.12. The number of nitrogens with zero attached hydrogens (tertiary/aromatic N) is 2. The van der Waals surface area contributed by atoms with Gasteiger partial charge in [0.15, 0.2) is 0 Å². The molecule has 98 valence electrons. The third-order valence-electron chi connectivity index (χ3n) is 3.96. The normalized spacial score (nSPS) is 32.5. The molecule has 2 aliphatic heterocycles. The van der Waals surface area contributed by atoms with Gasteiger partial charge < -0.3 is 14.7 Å². The molecular formula is C12H22N2O3. The highest BCUT2D eigenvalue weighted by Gasteiger charge is 2.41. The molecule has 2 heterocycles. The fourth-order valence-corrected chi connectivity index (χ4v) is 2.90. The van der Waals surface area contributed by atoms with Gasteiger partial charge in [-0.3, -0.25) is 9.69 Å². The minimum absolute atomic E-state index is 0.205. The van der Waals surface area contributed by atoms with Gasteiger partial charge in [0.1, 0.15) is 0 Å². The molecule has 2 rings (SSSR count). The fourth-order valence-electron chi connectivity index (χ4n) is 2.90. The molecule has 0 amide bonds. The molecule has 5 nitrogen and oxygen atoms in total. The number of carboxylic acid groups (broad SMARTS) is 1. The number of piperazine rings is 1. The highest BCUT2D eigenvalue weighted by molar-refractivity contribution is 5.68. The van der Waals surface area contributed by atoms with Crippen molar-refractivity contribution in [3.8, 4) is 0 Å². The highest BCUT2D eigenvalue weighted by Crippen LogP contribution is 2.30. The number of hydrogen-bond donors (Lipinski definition) is 1. The molecular weight excluding hydrogens is 220 g/mol. The van der Waals surface area contributed by atoms with Crippen molar-refractivity contribution in [1.82, 2.24) is 9.80 Å². The number of likely N-dealkylation sites (N-methyl/N-ethyl adjacent to an activating group) is 1. The molecule has 2 saturated heterocycles. The molecule has 1 N–H and O–H groups in total. The Hall–Kier alpha value is -0.650. The molecule has 0 aromatic heterocycles. The van der Waals surface area contributed by atoms with E-state index >= 15 is 0 Å². The Kier molecular flexibility index (Phi) is 4.01. The van der Waals surface area contributed by atoms with Gasteiger partial charge in [-0.25, -0.2) is 0 Å². The predicted octanol–water partition coefficient (Wildman–Crippen LogP) is 0.258. The Morgan fingerprint density at radius 1 is 1.35 bits per heavy atom. The summed E-state index contributed by atoms with van der Waals surface area (Å²) in [5.74, 6) is -0.713. The summed E-state index contributed by atoms with van der Waals surface area (Å²) in [5, 5.41) is 9.12. The van der Waals surface area contributed by atoms with Crippen molar-refractivity contribution >= 4 is 5.97 Å². The van der Waals surface area contributed by atoms with Gasteiger partial charge in [-0.1, -0.05) is 0 Å². The second-order valence-electron chi connectivity index (χ2n) is 5.24. The van der Waals surface area contributed by atoms with Crippen LogP contribution in [0.25, 0.3) is 0 Å². The summed E-state index contributed by atoms with van der Waals surface area (Å²) >= 11 is 0. The Bertz CT molecular complexity index is 269. The topological polar surface area (TPSA) is 53.0 Å². The van der Waals surface area contributed by atoms with E-state index in [1.165, 1.54) is 0 Å². The molecule has 0 radical (unpaired) electrons. The zero-order valence-corrected chi connectivity index (χ0v) is 10.5. The molecule has 1 unspecified atom stereocenters. The summed E-state index contributed by atoms with van der Waals surface area (Å²) in [6.07, 6.45) is 2.12. The number of ether oxygens (including phenoxy) is 1. The van der Waals surface area contributed by atoms with Crippen LogP contribution in [0, 0.1) is 0 Å². The van der Waals surface area contributed by atoms with Crippen molar-refractivity contribution < 1.29 is 14.6 Å². The number of aliphatic carboxylic acids is 1. The van der Waals surface area contributed by atoms with Gasteiger partial charge in [-0.15, -0.1) is 0 Å². The molecule has 0 aromatic carbocycles. The largest absolute Gasteiger partial charge is 0.481 e. The van der Waals surface area contributed by atoms with E-state index in [0.717, 1.165) is 45.6 Å². The lowest BCUT2D eigenvalue weighted by Crippen LogP contribution is -2.60. The first-order valence-electron chi connectivity index (χ1n) is 6.36. The Labute approximate surface area is 102 Å². The lowest BCUT2D eigenvalue weighted by atomic mass is 9.86. The monoisotopic (exact) mass is 242 g/mol. The van der Waals surface area contributed by atoms with Gasteiger partial charge in [0.25, 0.3) is 0 Å². The molecule has 0 aromatic rings. The van der Waals surface area contributed by atoms with Gasteiger partial charge in [0, 0.05) is 32.8 Å². The summed E-state index contributed by atoms with van der Waals surface area (Å²) in [6.45, 7) is 5.28. The molecule has 17 heavy (non-hydrogen) atoms. The van der Waals surface area contributed by atoms with Crippen LogP contribution in [-0.4, -0.2) is 72.9 Å². The van der Waals surface area contributed by atoms with Crippen molar-refractivity contribution in [2.75, 3.05) is 46.4 Å². The first kappa shape index (κ1) is 12.8. The summed E-state index contributed by atoms with van der Waals surface area (Å²) in [7, 11) is 2.11. The van der Waals surface area contributed by atoms with E-state index in [4.69, 9.17) is 9.84 Å². The van der Waals surface area contributed by atoms with Gasteiger partial charge in [-0.2, -0.15) is 0 Å². The number of hydrogen-bond acceptors (Lipinski definition) is 4. The minimum atomic E-state index is -0.713. The summed E-state index contributed by atoms with van der Waals surface area (Å²) in [5.41, 5.74) is -0.259. The van der Waals surface area contributed by atoms with E-state index in [2.05, 4.69) is 16.8 Å². The second-order valence-corrected chi connectivity index (χ2v) is 5.24. The van der Waals surface area contributed by atoms with Crippen molar-refractivity contribution in [3.63, 3.8) is 0 Å². The van der Waals surface area contributed by atoms with Crippen molar-refractivity contribution in [2.24, 2.45) is 0 Å². The van der Waals surface area contributed by atoms with Crippen LogP contribution in [-0.2, 0) is 9.53 Å². The molecule has 5 heteroatoms. The van der Waals surface area contributed by atoms with Crippen LogP contribution >= 0.6 is 0 Å². The number of carbonyl (C=O) groups is 1. The van der Waals surface area contributed by atoms with E-state index in [0.29, 0.717) is 6.61 Å². The van der Waals surface area contributed by atoms with Crippen LogP contribution < -0.4 is 0 Å². The average Bonchev–Trinajstić information content (AvgIpc) is 2.30. The third kappa shape index (κ3) is 2.97. The van der Waals surface area contributed by atoms with E-state index in [1.54, 1.807) is 0 Å². The van der Waals surface area contributed by atoms with Gasteiger partial charge >= 0.3 is 5.97 Å². The maximum Gasteiger partial charge on any atom is 0.305 e. The van der Waals surface area contributed by atoms with Crippen molar-refractivity contribution in [1.29, 1.82) is 0 Å². The number of rotatable bonds is 3.